The maximum Gasteiger partial charge on any atom is 0.00641 e. The standard InChI is InChI=1S/C15H27NS/c1-3-4-5-6-9-14(16-2)10-7-11-15-12-8-13-17-15/h8,12-14,16H,3-7,9-11H2,1-2H3. The molecule has 0 amide bonds. The topological polar surface area (TPSA) is 12.0 Å². The van der Waals surface area contributed by atoms with Crippen LogP contribution in [0.2, 0.25) is 0 Å². The fraction of sp³-hybridized carbons (Fsp3) is 0.733. The Morgan fingerprint density at radius 2 is 2.00 bits per heavy atom. The minimum absolute atomic E-state index is 0.729. The Kier molecular flexibility index (Phi) is 8.37. The molecule has 0 aliphatic rings. The van der Waals surface area contributed by atoms with E-state index in [1.54, 1.807) is 0 Å². The molecule has 17 heavy (non-hydrogen) atoms. The minimum Gasteiger partial charge on any atom is -0.317 e. The van der Waals surface area contributed by atoms with Crippen LogP contribution in [0.15, 0.2) is 17.5 Å². The number of hydrogen-bond donors (Lipinski definition) is 1. The summed E-state index contributed by atoms with van der Waals surface area (Å²) in [6.45, 7) is 2.27. The average molecular weight is 253 g/mol. The van der Waals surface area contributed by atoms with E-state index in [1.807, 2.05) is 11.3 Å². The third-order valence-corrected chi connectivity index (χ3v) is 4.31. The molecule has 1 unspecified atom stereocenters. The van der Waals surface area contributed by atoms with Crippen molar-refractivity contribution in [2.75, 3.05) is 7.05 Å². The first-order chi connectivity index (χ1) is 8.36. The smallest absolute Gasteiger partial charge is 0.00641 e. The van der Waals surface area contributed by atoms with Crippen LogP contribution in [0.1, 0.15) is 56.7 Å². The second-order valence-corrected chi connectivity index (χ2v) is 5.84. The maximum atomic E-state index is 3.46. The van der Waals surface area contributed by atoms with Gasteiger partial charge in [0.05, 0.1) is 0 Å². The van der Waals surface area contributed by atoms with Crippen LogP contribution >= 0.6 is 11.3 Å². The van der Waals surface area contributed by atoms with Gasteiger partial charge < -0.3 is 5.32 Å². The van der Waals surface area contributed by atoms with Gasteiger partial charge in [0.2, 0.25) is 0 Å². The summed E-state index contributed by atoms with van der Waals surface area (Å²) in [5, 5.41) is 5.64. The summed E-state index contributed by atoms with van der Waals surface area (Å²) in [6, 6.07) is 5.13. The molecular formula is C15H27NS. The summed E-state index contributed by atoms with van der Waals surface area (Å²) >= 11 is 1.89. The summed E-state index contributed by atoms with van der Waals surface area (Å²) in [7, 11) is 2.11. The van der Waals surface area contributed by atoms with Crippen LogP contribution in [-0.4, -0.2) is 13.1 Å². The second kappa shape index (κ2) is 9.67. The molecule has 0 aliphatic carbocycles. The Labute approximate surface area is 111 Å². The van der Waals surface area contributed by atoms with E-state index in [0.29, 0.717) is 0 Å². The molecule has 0 fully saturated rings. The van der Waals surface area contributed by atoms with Gasteiger partial charge in [0.25, 0.3) is 0 Å². The van der Waals surface area contributed by atoms with E-state index < -0.39 is 0 Å². The third kappa shape index (κ3) is 6.85. The van der Waals surface area contributed by atoms with Crippen LogP contribution in [0, 0.1) is 0 Å². The van der Waals surface area contributed by atoms with Gasteiger partial charge in [-0.1, -0.05) is 38.7 Å². The highest BCUT2D eigenvalue weighted by Crippen LogP contribution is 2.15. The number of thiophene rings is 1. The van der Waals surface area contributed by atoms with Gasteiger partial charge in [0, 0.05) is 10.9 Å². The summed E-state index contributed by atoms with van der Waals surface area (Å²) in [5.74, 6) is 0. The van der Waals surface area contributed by atoms with Crippen molar-refractivity contribution in [3.63, 3.8) is 0 Å². The van der Waals surface area contributed by atoms with Gasteiger partial charge in [0.1, 0.15) is 0 Å². The second-order valence-electron chi connectivity index (χ2n) is 4.81. The molecule has 0 radical (unpaired) electrons. The quantitative estimate of drug-likeness (QED) is 0.600. The molecule has 1 nitrogen and oxygen atoms in total. The van der Waals surface area contributed by atoms with Crippen molar-refractivity contribution < 1.29 is 0 Å². The molecule has 1 rings (SSSR count). The maximum absolute atomic E-state index is 3.46. The molecule has 0 bridgehead atoms. The molecule has 1 N–H and O–H groups in total. The lowest BCUT2D eigenvalue weighted by atomic mass is 10.0. The number of unbranched alkanes of at least 4 members (excludes halogenated alkanes) is 3. The van der Waals surface area contributed by atoms with E-state index in [2.05, 4.69) is 36.8 Å². The first-order valence-corrected chi connectivity index (χ1v) is 7.94. The van der Waals surface area contributed by atoms with Crippen molar-refractivity contribution in [1.82, 2.24) is 5.32 Å². The first-order valence-electron chi connectivity index (χ1n) is 7.06. The van der Waals surface area contributed by atoms with Crippen molar-refractivity contribution in [2.45, 2.75) is 64.3 Å². The van der Waals surface area contributed by atoms with Crippen molar-refractivity contribution in [3.8, 4) is 0 Å². The SMILES string of the molecule is CCCCCCC(CCCc1cccs1)NC. The zero-order valence-electron chi connectivity index (χ0n) is 11.4. The highest BCUT2D eigenvalue weighted by molar-refractivity contribution is 7.09. The van der Waals surface area contributed by atoms with Crippen LogP contribution in [0.4, 0.5) is 0 Å². The molecule has 0 saturated heterocycles. The van der Waals surface area contributed by atoms with Gasteiger partial charge in [-0.3, -0.25) is 0 Å². The number of rotatable bonds is 10. The van der Waals surface area contributed by atoms with Crippen LogP contribution in [0.5, 0.6) is 0 Å². The number of nitrogens with one attached hydrogen (secondary N) is 1. The van der Waals surface area contributed by atoms with Crippen LogP contribution < -0.4 is 5.32 Å². The van der Waals surface area contributed by atoms with Gasteiger partial charge in [-0.05, 0) is 44.2 Å². The monoisotopic (exact) mass is 253 g/mol. The lowest BCUT2D eigenvalue weighted by Crippen LogP contribution is -2.25. The van der Waals surface area contributed by atoms with E-state index in [4.69, 9.17) is 0 Å². The van der Waals surface area contributed by atoms with Crippen molar-refractivity contribution >= 4 is 11.3 Å². The predicted octanol–water partition coefficient (Wildman–Crippen LogP) is 4.63. The third-order valence-electron chi connectivity index (χ3n) is 3.37. The zero-order valence-corrected chi connectivity index (χ0v) is 12.2. The van der Waals surface area contributed by atoms with Crippen molar-refractivity contribution in [3.05, 3.63) is 22.4 Å². The van der Waals surface area contributed by atoms with Gasteiger partial charge in [-0.2, -0.15) is 0 Å². The largest absolute Gasteiger partial charge is 0.317 e. The lowest BCUT2D eigenvalue weighted by molar-refractivity contribution is 0.450. The van der Waals surface area contributed by atoms with Crippen LogP contribution in [0.3, 0.4) is 0 Å². The molecule has 1 aromatic rings. The Balaban J connectivity index is 2.05. The fourth-order valence-corrected chi connectivity index (χ4v) is 2.98. The van der Waals surface area contributed by atoms with Crippen LogP contribution in [0.25, 0.3) is 0 Å². The molecule has 0 spiro atoms. The average Bonchev–Trinajstić information content (AvgIpc) is 2.85. The molecule has 2 heteroatoms. The molecule has 0 saturated carbocycles. The van der Waals surface area contributed by atoms with Gasteiger partial charge in [0.15, 0.2) is 0 Å². The van der Waals surface area contributed by atoms with E-state index in [0.717, 1.165) is 6.04 Å². The van der Waals surface area contributed by atoms with Gasteiger partial charge in [-0.15, -0.1) is 11.3 Å². The van der Waals surface area contributed by atoms with Crippen molar-refractivity contribution in [2.24, 2.45) is 0 Å². The Morgan fingerprint density at radius 1 is 1.18 bits per heavy atom. The molecular weight excluding hydrogens is 226 g/mol. The first kappa shape index (κ1) is 14.7. The summed E-state index contributed by atoms with van der Waals surface area (Å²) in [4.78, 5) is 1.53. The molecule has 1 aromatic heterocycles. The fourth-order valence-electron chi connectivity index (χ4n) is 2.23. The Bertz CT molecular complexity index is 256. The summed E-state index contributed by atoms with van der Waals surface area (Å²) in [6.07, 6.45) is 10.8. The number of hydrogen-bond acceptors (Lipinski definition) is 2. The van der Waals surface area contributed by atoms with Crippen molar-refractivity contribution in [1.29, 1.82) is 0 Å². The summed E-state index contributed by atoms with van der Waals surface area (Å²) < 4.78 is 0. The highest BCUT2D eigenvalue weighted by atomic mass is 32.1. The molecule has 98 valence electrons. The molecule has 1 heterocycles. The Hall–Kier alpha value is -0.340. The number of aryl methyl sites for hydroxylation is 1. The molecule has 0 aromatic carbocycles. The lowest BCUT2D eigenvalue weighted by Gasteiger charge is -2.15. The van der Waals surface area contributed by atoms with E-state index in [9.17, 15) is 0 Å². The predicted molar refractivity (Wildman–Crippen MR) is 78.9 cm³/mol. The highest BCUT2D eigenvalue weighted by Gasteiger charge is 2.05. The Morgan fingerprint density at radius 3 is 2.65 bits per heavy atom. The van der Waals surface area contributed by atoms with E-state index in [1.165, 1.54) is 56.2 Å². The zero-order chi connectivity index (χ0) is 12.3. The van der Waals surface area contributed by atoms with E-state index in [-0.39, 0.29) is 0 Å². The van der Waals surface area contributed by atoms with E-state index >= 15 is 0 Å². The normalized spacial score (nSPS) is 12.8. The molecule has 1 atom stereocenters. The minimum atomic E-state index is 0.729. The van der Waals surface area contributed by atoms with Gasteiger partial charge in [-0.25, -0.2) is 0 Å². The summed E-state index contributed by atoms with van der Waals surface area (Å²) in [5.41, 5.74) is 0. The van der Waals surface area contributed by atoms with Gasteiger partial charge >= 0.3 is 0 Å². The molecule has 0 aliphatic heterocycles. The van der Waals surface area contributed by atoms with Crippen LogP contribution in [-0.2, 0) is 6.42 Å².